The molecule has 0 fully saturated rings. The van der Waals surface area contributed by atoms with Crippen molar-refractivity contribution in [2.75, 3.05) is 17.7 Å². The summed E-state index contributed by atoms with van der Waals surface area (Å²) in [5.41, 5.74) is 8.53. The third-order valence-electron chi connectivity index (χ3n) is 2.53. The van der Waals surface area contributed by atoms with E-state index in [0.29, 0.717) is 5.69 Å². The molecule has 0 unspecified atom stereocenters. The van der Waals surface area contributed by atoms with E-state index in [-0.39, 0.29) is 0 Å². The Morgan fingerprint density at radius 1 is 1.25 bits per heavy atom. The first kappa shape index (κ1) is 10.4. The first-order valence-corrected chi connectivity index (χ1v) is 5.04. The largest absolute Gasteiger partial charge is 0.397 e. The number of hydrogen-bond acceptors (Lipinski definition) is 4. The molecule has 2 rings (SSSR count). The second-order valence-corrected chi connectivity index (χ2v) is 3.66. The Kier molecular flexibility index (Phi) is 2.72. The van der Waals surface area contributed by atoms with Crippen molar-refractivity contribution >= 4 is 17.2 Å². The molecule has 0 radical (unpaired) electrons. The van der Waals surface area contributed by atoms with Crippen molar-refractivity contribution in [2.45, 2.75) is 6.92 Å². The van der Waals surface area contributed by atoms with Gasteiger partial charge in [-0.1, -0.05) is 0 Å². The Morgan fingerprint density at radius 3 is 2.56 bits per heavy atom. The van der Waals surface area contributed by atoms with Crippen LogP contribution in [0.1, 0.15) is 5.56 Å². The van der Waals surface area contributed by atoms with Gasteiger partial charge in [0.2, 0.25) is 0 Å². The van der Waals surface area contributed by atoms with Crippen molar-refractivity contribution < 1.29 is 0 Å². The molecule has 0 aliphatic heterocycles. The fraction of sp³-hybridized carbons (Fsp3) is 0.167. The average Bonchev–Trinajstić information content (AvgIpc) is 2.33. The summed E-state index contributed by atoms with van der Waals surface area (Å²) < 4.78 is 0. The molecular formula is C12H14N4. The summed E-state index contributed by atoms with van der Waals surface area (Å²) in [7, 11) is 1.97. The molecule has 2 heterocycles. The maximum absolute atomic E-state index is 5.74. The maximum atomic E-state index is 5.74. The van der Waals surface area contributed by atoms with E-state index in [4.69, 9.17) is 5.73 Å². The van der Waals surface area contributed by atoms with Gasteiger partial charge in [0.05, 0.1) is 11.9 Å². The highest BCUT2D eigenvalue weighted by molar-refractivity contribution is 5.61. The van der Waals surface area contributed by atoms with Crippen LogP contribution in [0.4, 0.5) is 17.2 Å². The van der Waals surface area contributed by atoms with Crippen molar-refractivity contribution in [1.29, 1.82) is 0 Å². The smallest absolute Gasteiger partial charge is 0.133 e. The number of nitrogen functional groups attached to an aromatic ring is 1. The van der Waals surface area contributed by atoms with Crippen LogP contribution >= 0.6 is 0 Å². The lowest BCUT2D eigenvalue weighted by molar-refractivity contribution is 1.11. The zero-order chi connectivity index (χ0) is 11.5. The number of rotatable bonds is 2. The standard InChI is InChI=1S/C12H14N4/c1-9-7-12(15-8-11(9)13)16(2)10-3-5-14-6-4-10/h3-8H,13H2,1-2H3. The Morgan fingerprint density at radius 2 is 1.94 bits per heavy atom. The molecule has 0 saturated carbocycles. The minimum atomic E-state index is 0.715. The minimum absolute atomic E-state index is 0.715. The maximum Gasteiger partial charge on any atom is 0.133 e. The molecule has 0 aliphatic rings. The second-order valence-electron chi connectivity index (χ2n) is 3.66. The van der Waals surface area contributed by atoms with E-state index in [1.165, 1.54) is 0 Å². The van der Waals surface area contributed by atoms with E-state index in [1.807, 2.05) is 37.1 Å². The van der Waals surface area contributed by atoms with Crippen LogP contribution in [0.15, 0.2) is 36.8 Å². The number of anilines is 3. The lowest BCUT2D eigenvalue weighted by atomic mass is 10.2. The topological polar surface area (TPSA) is 55.0 Å². The van der Waals surface area contributed by atoms with Crippen LogP contribution in [0.3, 0.4) is 0 Å². The van der Waals surface area contributed by atoms with Gasteiger partial charge in [0.25, 0.3) is 0 Å². The van der Waals surface area contributed by atoms with Gasteiger partial charge >= 0.3 is 0 Å². The number of aromatic nitrogens is 2. The summed E-state index contributed by atoms with van der Waals surface area (Å²) >= 11 is 0. The molecule has 16 heavy (non-hydrogen) atoms. The lowest BCUT2D eigenvalue weighted by Gasteiger charge is -2.18. The summed E-state index contributed by atoms with van der Waals surface area (Å²) in [5, 5.41) is 0. The zero-order valence-corrected chi connectivity index (χ0v) is 9.38. The predicted molar refractivity (Wildman–Crippen MR) is 65.7 cm³/mol. The fourth-order valence-corrected chi connectivity index (χ4v) is 1.44. The summed E-state index contributed by atoms with van der Waals surface area (Å²) in [4.78, 5) is 10.3. The SMILES string of the molecule is Cc1cc(N(C)c2ccncc2)ncc1N. The van der Waals surface area contributed by atoms with Gasteiger partial charge in [0.15, 0.2) is 0 Å². The fourth-order valence-electron chi connectivity index (χ4n) is 1.44. The van der Waals surface area contributed by atoms with Gasteiger partial charge in [-0.3, -0.25) is 4.98 Å². The van der Waals surface area contributed by atoms with Gasteiger partial charge in [-0.25, -0.2) is 4.98 Å². The minimum Gasteiger partial charge on any atom is -0.397 e. The highest BCUT2D eigenvalue weighted by Crippen LogP contribution is 2.22. The van der Waals surface area contributed by atoms with Crippen LogP contribution in [0.2, 0.25) is 0 Å². The van der Waals surface area contributed by atoms with Crippen LogP contribution in [-0.2, 0) is 0 Å². The molecule has 2 N–H and O–H groups in total. The lowest BCUT2D eigenvalue weighted by Crippen LogP contribution is -2.11. The Balaban J connectivity index is 2.34. The molecule has 2 aromatic rings. The Bertz CT molecular complexity index is 482. The molecule has 0 aliphatic carbocycles. The van der Waals surface area contributed by atoms with Gasteiger partial charge in [0.1, 0.15) is 5.82 Å². The average molecular weight is 214 g/mol. The molecule has 0 aromatic carbocycles. The van der Waals surface area contributed by atoms with E-state index in [2.05, 4.69) is 9.97 Å². The van der Waals surface area contributed by atoms with Gasteiger partial charge in [-0.15, -0.1) is 0 Å². The molecular weight excluding hydrogens is 200 g/mol. The molecule has 0 saturated heterocycles. The van der Waals surface area contributed by atoms with Crippen LogP contribution in [0.25, 0.3) is 0 Å². The highest BCUT2D eigenvalue weighted by atomic mass is 15.2. The van der Waals surface area contributed by atoms with Crippen LogP contribution in [0.5, 0.6) is 0 Å². The van der Waals surface area contributed by atoms with Crippen LogP contribution < -0.4 is 10.6 Å². The summed E-state index contributed by atoms with van der Waals surface area (Å²) in [6.45, 7) is 1.97. The van der Waals surface area contributed by atoms with Gasteiger partial charge in [-0.05, 0) is 30.7 Å². The quantitative estimate of drug-likeness (QED) is 0.832. The van der Waals surface area contributed by atoms with E-state index < -0.39 is 0 Å². The number of aryl methyl sites for hydroxylation is 1. The van der Waals surface area contributed by atoms with Gasteiger partial charge in [0, 0.05) is 25.1 Å². The molecule has 0 atom stereocenters. The molecule has 0 bridgehead atoms. The first-order chi connectivity index (χ1) is 7.68. The highest BCUT2D eigenvalue weighted by Gasteiger charge is 2.05. The van der Waals surface area contributed by atoms with Crippen molar-refractivity contribution in [3.05, 3.63) is 42.4 Å². The second kappa shape index (κ2) is 4.18. The van der Waals surface area contributed by atoms with Crippen molar-refractivity contribution in [3.63, 3.8) is 0 Å². The van der Waals surface area contributed by atoms with Gasteiger partial charge in [-0.2, -0.15) is 0 Å². The number of nitrogens with two attached hydrogens (primary N) is 1. The summed E-state index contributed by atoms with van der Waals surface area (Å²) in [5.74, 6) is 0.873. The molecule has 4 nitrogen and oxygen atoms in total. The normalized spacial score (nSPS) is 10.1. The van der Waals surface area contributed by atoms with Gasteiger partial charge < -0.3 is 10.6 Å². The monoisotopic (exact) mass is 214 g/mol. The van der Waals surface area contributed by atoms with Crippen molar-refractivity contribution in [1.82, 2.24) is 9.97 Å². The zero-order valence-electron chi connectivity index (χ0n) is 9.38. The molecule has 4 heteroatoms. The van der Waals surface area contributed by atoms with Crippen molar-refractivity contribution in [2.24, 2.45) is 0 Å². The first-order valence-electron chi connectivity index (χ1n) is 5.04. The van der Waals surface area contributed by atoms with E-state index in [1.54, 1.807) is 18.6 Å². The third-order valence-corrected chi connectivity index (χ3v) is 2.53. The molecule has 82 valence electrons. The van der Waals surface area contributed by atoms with Crippen molar-refractivity contribution in [3.8, 4) is 0 Å². The number of pyridine rings is 2. The summed E-state index contributed by atoms with van der Waals surface area (Å²) in [6.07, 6.45) is 5.20. The Labute approximate surface area is 94.8 Å². The summed E-state index contributed by atoms with van der Waals surface area (Å²) in [6, 6.07) is 5.84. The number of nitrogens with zero attached hydrogens (tertiary/aromatic N) is 3. The van der Waals surface area contributed by atoms with Crippen LogP contribution in [-0.4, -0.2) is 17.0 Å². The molecule has 2 aromatic heterocycles. The van der Waals surface area contributed by atoms with E-state index in [9.17, 15) is 0 Å². The van der Waals surface area contributed by atoms with E-state index in [0.717, 1.165) is 17.1 Å². The molecule has 0 amide bonds. The third kappa shape index (κ3) is 1.95. The van der Waals surface area contributed by atoms with Crippen LogP contribution in [0, 0.1) is 6.92 Å². The predicted octanol–water partition coefficient (Wildman–Crippen LogP) is 2.14. The molecule has 0 spiro atoms. The number of hydrogen-bond donors (Lipinski definition) is 1. The van der Waals surface area contributed by atoms with E-state index >= 15 is 0 Å². The Hall–Kier alpha value is -2.10.